The number of nitrogens with two attached hydrogens (primary N) is 1. The zero-order valence-electron chi connectivity index (χ0n) is 12.3. The Balaban J connectivity index is 2.65. The van der Waals surface area contributed by atoms with E-state index in [0.717, 1.165) is 29.4 Å². The molecule has 0 aliphatic rings. The van der Waals surface area contributed by atoms with Crippen molar-refractivity contribution in [3.8, 4) is 0 Å². The van der Waals surface area contributed by atoms with Gasteiger partial charge in [-0.2, -0.15) is 0 Å². The van der Waals surface area contributed by atoms with Gasteiger partial charge in [0, 0.05) is 11.6 Å². The molecule has 0 bridgehead atoms. The molecule has 2 aromatic rings. The molecular weight excluding hydrogens is 252 g/mol. The fourth-order valence-electron chi connectivity index (χ4n) is 2.39. The molecule has 0 aliphatic heterocycles. The molecule has 0 fully saturated rings. The average molecular weight is 274 g/mol. The molecule has 1 heterocycles. The number of fused-ring (bicyclic) bond motifs is 1. The topological polar surface area (TPSA) is 79.1 Å². The third-order valence-electron chi connectivity index (χ3n) is 3.62. The smallest absolute Gasteiger partial charge is 0.337 e. The van der Waals surface area contributed by atoms with Crippen molar-refractivity contribution in [1.82, 2.24) is 4.98 Å². The second-order valence-corrected chi connectivity index (χ2v) is 6.21. The Hall–Kier alpha value is -1.81. The summed E-state index contributed by atoms with van der Waals surface area (Å²) in [5, 5.41) is 10.4. The van der Waals surface area contributed by atoms with Crippen molar-refractivity contribution in [2.45, 2.75) is 39.0 Å². The van der Waals surface area contributed by atoms with Crippen LogP contribution in [0.2, 0.25) is 0 Å². The summed E-state index contributed by atoms with van der Waals surface area (Å²) in [5.41, 5.74) is 8.70. The number of rotatable bonds is 4. The molecule has 1 aromatic carbocycles. The van der Waals surface area contributed by atoms with Gasteiger partial charge in [0.2, 0.25) is 0 Å². The van der Waals surface area contributed by atoms with Gasteiger partial charge in [0.15, 0.2) is 0 Å². The number of carbonyl (C=O) groups is 1. The summed E-state index contributed by atoms with van der Waals surface area (Å²) >= 11 is 0. The summed E-state index contributed by atoms with van der Waals surface area (Å²) in [6.45, 7) is 6.90. The van der Waals surface area contributed by atoms with Gasteiger partial charge in [-0.05, 0) is 48.1 Å². The van der Waals surface area contributed by atoms with Crippen LogP contribution in [0.3, 0.4) is 0 Å². The first kappa shape index (κ1) is 14.6. The number of aryl methyl sites for hydroxylation is 1. The Kier molecular flexibility index (Phi) is 3.86. The lowest BCUT2D eigenvalue weighted by Gasteiger charge is -2.20. The predicted molar refractivity (Wildman–Crippen MR) is 81.3 cm³/mol. The van der Waals surface area contributed by atoms with Crippen LogP contribution in [0.1, 0.15) is 48.7 Å². The van der Waals surface area contributed by atoms with E-state index >= 15 is 0 Å². The molecule has 4 heteroatoms. The number of carboxylic acids is 1. The number of aromatic nitrogens is 1. The average Bonchev–Trinajstić information content (AvgIpc) is 2.77. The summed E-state index contributed by atoms with van der Waals surface area (Å²) in [6.07, 6.45) is 3.66. The molecule has 4 nitrogen and oxygen atoms in total. The molecule has 4 N–H and O–H groups in total. The van der Waals surface area contributed by atoms with Gasteiger partial charge in [-0.3, -0.25) is 0 Å². The number of carboxylic acid groups (broad SMARTS) is 1. The highest BCUT2D eigenvalue weighted by Crippen LogP contribution is 2.31. The molecule has 20 heavy (non-hydrogen) atoms. The Labute approximate surface area is 119 Å². The molecule has 0 atom stereocenters. The Morgan fingerprint density at radius 1 is 1.35 bits per heavy atom. The zero-order chi connectivity index (χ0) is 14.9. The lowest BCUT2D eigenvalue weighted by molar-refractivity contribution is 0.0698. The van der Waals surface area contributed by atoms with E-state index < -0.39 is 5.97 Å². The standard InChI is InChI=1S/C16H22N2O2/c1-16(2,3)11-7-12-10(5-4-6-17)9-18-14(12)13(8-11)15(19)20/h7-9,18H,4-6,17H2,1-3H3,(H,19,20). The van der Waals surface area contributed by atoms with Gasteiger partial charge in [-0.1, -0.05) is 20.8 Å². The van der Waals surface area contributed by atoms with Crippen molar-refractivity contribution < 1.29 is 9.90 Å². The van der Waals surface area contributed by atoms with Crippen LogP contribution < -0.4 is 5.73 Å². The van der Waals surface area contributed by atoms with Gasteiger partial charge in [0.1, 0.15) is 0 Å². The third-order valence-corrected chi connectivity index (χ3v) is 3.62. The van der Waals surface area contributed by atoms with Gasteiger partial charge in [-0.15, -0.1) is 0 Å². The normalized spacial score (nSPS) is 12.0. The minimum atomic E-state index is -0.895. The quantitative estimate of drug-likeness (QED) is 0.801. The third kappa shape index (κ3) is 2.70. The van der Waals surface area contributed by atoms with Gasteiger partial charge in [-0.25, -0.2) is 4.79 Å². The summed E-state index contributed by atoms with van der Waals surface area (Å²) in [6, 6.07) is 3.87. The molecule has 0 radical (unpaired) electrons. The second kappa shape index (κ2) is 5.29. The van der Waals surface area contributed by atoms with Gasteiger partial charge >= 0.3 is 5.97 Å². The molecule has 1 aromatic heterocycles. The second-order valence-electron chi connectivity index (χ2n) is 6.21. The first-order chi connectivity index (χ1) is 9.34. The van der Waals surface area contributed by atoms with Crippen LogP contribution in [-0.2, 0) is 11.8 Å². The number of hydrogen-bond donors (Lipinski definition) is 3. The highest BCUT2D eigenvalue weighted by atomic mass is 16.4. The van der Waals surface area contributed by atoms with Crippen LogP contribution in [0.15, 0.2) is 18.3 Å². The fourth-order valence-corrected chi connectivity index (χ4v) is 2.39. The maximum atomic E-state index is 11.5. The summed E-state index contributed by atoms with van der Waals surface area (Å²) in [5.74, 6) is -0.895. The van der Waals surface area contributed by atoms with Crippen LogP contribution >= 0.6 is 0 Å². The predicted octanol–water partition coefficient (Wildman–Crippen LogP) is 3.05. The zero-order valence-corrected chi connectivity index (χ0v) is 12.3. The molecular formula is C16H22N2O2. The number of aromatic amines is 1. The largest absolute Gasteiger partial charge is 0.478 e. The van der Waals surface area contributed by atoms with E-state index in [1.54, 1.807) is 6.07 Å². The summed E-state index contributed by atoms with van der Waals surface area (Å²) in [4.78, 5) is 14.6. The van der Waals surface area contributed by atoms with Crippen molar-refractivity contribution in [3.63, 3.8) is 0 Å². The monoisotopic (exact) mass is 274 g/mol. The number of nitrogens with one attached hydrogen (secondary N) is 1. The molecule has 2 rings (SSSR count). The first-order valence-corrected chi connectivity index (χ1v) is 6.92. The van der Waals surface area contributed by atoms with Gasteiger partial charge < -0.3 is 15.8 Å². The summed E-state index contributed by atoms with van der Waals surface area (Å²) in [7, 11) is 0. The van der Waals surface area contributed by atoms with Gasteiger partial charge in [0.25, 0.3) is 0 Å². The molecule has 0 spiro atoms. The molecule has 108 valence electrons. The lowest BCUT2D eigenvalue weighted by Crippen LogP contribution is -2.12. The first-order valence-electron chi connectivity index (χ1n) is 6.92. The minimum Gasteiger partial charge on any atom is -0.478 e. The van der Waals surface area contributed by atoms with Crippen LogP contribution in [-0.4, -0.2) is 22.6 Å². The molecule has 0 amide bonds. The molecule has 0 unspecified atom stereocenters. The fraction of sp³-hybridized carbons (Fsp3) is 0.438. The van der Waals surface area contributed by atoms with E-state index in [-0.39, 0.29) is 5.41 Å². The SMILES string of the molecule is CC(C)(C)c1cc(C(=O)O)c2[nH]cc(CCCN)c2c1. The Morgan fingerprint density at radius 2 is 2.05 bits per heavy atom. The van der Waals surface area contributed by atoms with E-state index in [9.17, 15) is 9.90 Å². The van der Waals surface area contributed by atoms with E-state index in [2.05, 4.69) is 31.8 Å². The molecule has 0 saturated carbocycles. The molecule has 0 aliphatic carbocycles. The lowest BCUT2D eigenvalue weighted by atomic mass is 9.85. The van der Waals surface area contributed by atoms with E-state index in [1.165, 1.54) is 0 Å². The Morgan fingerprint density at radius 3 is 2.60 bits per heavy atom. The van der Waals surface area contributed by atoms with E-state index in [0.29, 0.717) is 17.6 Å². The number of H-pyrrole nitrogens is 1. The van der Waals surface area contributed by atoms with Crippen LogP contribution in [0.25, 0.3) is 10.9 Å². The molecule has 0 saturated heterocycles. The Bertz CT molecular complexity index is 636. The van der Waals surface area contributed by atoms with Crippen molar-refractivity contribution in [1.29, 1.82) is 0 Å². The highest BCUT2D eigenvalue weighted by Gasteiger charge is 2.20. The van der Waals surface area contributed by atoms with E-state index in [4.69, 9.17) is 5.73 Å². The van der Waals surface area contributed by atoms with Crippen LogP contribution in [0, 0.1) is 0 Å². The number of benzene rings is 1. The van der Waals surface area contributed by atoms with Gasteiger partial charge in [0.05, 0.1) is 11.1 Å². The number of aromatic carboxylic acids is 1. The highest BCUT2D eigenvalue weighted by molar-refractivity contribution is 6.03. The maximum Gasteiger partial charge on any atom is 0.337 e. The van der Waals surface area contributed by atoms with Crippen molar-refractivity contribution in [2.75, 3.05) is 6.54 Å². The van der Waals surface area contributed by atoms with Crippen molar-refractivity contribution >= 4 is 16.9 Å². The van der Waals surface area contributed by atoms with Crippen molar-refractivity contribution in [2.24, 2.45) is 5.73 Å². The van der Waals surface area contributed by atoms with Crippen LogP contribution in [0.4, 0.5) is 0 Å². The van der Waals surface area contributed by atoms with Crippen molar-refractivity contribution in [3.05, 3.63) is 35.0 Å². The number of hydrogen-bond acceptors (Lipinski definition) is 2. The van der Waals surface area contributed by atoms with E-state index in [1.807, 2.05) is 6.20 Å². The van der Waals surface area contributed by atoms with Crippen LogP contribution in [0.5, 0.6) is 0 Å². The minimum absolute atomic E-state index is 0.0825. The maximum absolute atomic E-state index is 11.5. The summed E-state index contributed by atoms with van der Waals surface area (Å²) < 4.78 is 0.